The Hall–Kier alpha value is -1.02. The van der Waals surface area contributed by atoms with Crippen LogP contribution < -0.4 is 10.6 Å². The van der Waals surface area contributed by atoms with E-state index in [4.69, 9.17) is 5.73 Å². The van der Waals surface area contributed by atoms with Gasteiger partial charge in [0, 0.05) is 25.3 Å². The summed E-state index contributed by atoms with van der Waals surface area (Å²) in [5.74, 6) is 1.41. The molecular formula is C19H32N2. The lowest BCUT2D eigenvalue weighted by Crippen LogP contribution is -2.44. The molecule has 2 heteroatoms. The zero-order chi connectivity index (χ0) is 15.6. The number of aryl methyl sites for hydroxylation is 1. The van der Waals surface area contributed by atoms with E-state index in [0.717, 1.165) is 12.5 Å². The highest BCUT2D eigenvalue weighted by Crippen LogP contribution is 2.40. The molecule has 0 bridgehead atoms. The van der Waals surface area contributed by atoms with Crippen molar-refractivity contribution in [3.63, 3.8) is 0 Å². The van der Waals surface area contributed by atoms with Gasteiger partial charge in [-0.25, -0.2) is 0 Å². The number of hydrogen-bond acceptors (Lipinski definition) is 2. The fourth-order valence-electron chi connectivity index (χ4n) is 3.54. The third-order valence-electron chi connectivity index (χ3n) is 5.25. The van der Waals surface area contributed by atoms with Crippen LogP contribution in [0, 0.1) is 24.2 Å². The molecule has 1 saturated carbocycles. The Bertz CT molecular complexity index is 444. The van der Waals surface area contributed by atoms with Crippen LogP contribution in [0.3, 0.4) is 0 Å². The van der Waals surface area contributed by atoms with Crippen molar-refractivity contribution in [1.82, 2.24) is 0 Å². The molecule has 118 valence electrons. The highest BCUT2D eigenvalue weighted by atomic mass is 15.1. The average molecular weight is 288 g/mol. The maximum Gasteiger partial charge on any atom is 0.0363 e. The Morgan fingerprint density at radius 3 is 2.33 bits per heavy atom. The minimum absolute atomic E-state index is 0.358. The van der Waals surface area contributed by atoms with Crippen LogP contribution in [-0.4, -0.2) is 19.6 Å². The Labute approximate surface area is 130 Å². The fraction of sp³-hybridized carbons (Fsp3) is 0.684. The summed E-state index contributed by atoms with van der Waals surface area (Å²) in [6.45, 7) is 10.3. The summed E-state index contributed by atoms with van der Waals surface area (Å²) >= 11 is 0. The second kappa shape index (κ2) is 6.39. The zero-order valence-corrected chi connectivity index (χ0v) is 14.4. The summed E-state index contributed by atoms with van der Waals surface area (Å²) in [6.07, 6.45) is 3.73. The first kappa shape index (κ1) is 16.4. The van der Waals surface area contributed by atoms with Gasteiger partial charge in [-0.2, -0.15) is 0 Å². The third-order valence-corrected chi connectivity index (χ3v) is 5.25. The molecular weight excluding hydrogens is 256 g/mol. The summed E-state index contributed by atoms with van der Waals surface area (Å²) in [6, 6.07) is 9.15. The first-order valence-corrected chi connectivity index (χ1v) is 8.30. The molecule has 21 heavy (non-hydrogen) atoms. The largest absolute Gasteiger partial charge is 0.374 e. The molecule has 0 amide bonds. The van der Waals surface area contributed by atoms with Gasteiger partial charge in [0.1, 0.15) is 0 Å². The van der Waals surface area contributed by atoms with Crippen molar-refractivity contribution in [2.45, 2.75) is 53.0 Å². The van der Waals surface area contributed by atoms with E-state index in [2.05, 4.69) is 63.9 Å². The predicted octanol–water partition coefficient (Wildman–Crippen LogP) is 4.22. The highest BCUT2D eigenvalue weighted by molar-refractivity contribution is 5.46. The van der Waals surface area contributed by atoms with Crippen LogP contribution in [-0.2, 0) is 0 Å². The Kier molecular flexibility index (Phi) is 4.98. The van der Waals surface area contributed by atoms with Crippen LogP contribution in [0.4, 0.5) is 5.69 Å². The molecule has 1 aliphatic rings. The van der Waals surface area contributed by atoms with Gasteiger partial charge >= 0.3 is 0 Å². The number of benzene rings is 1. The molecule has 0 aliphatic heterocycles. The molecule has 0 spiro atoms. The van der Waals surface area contributed by atoms with Gasteiger partial charge in [-0.15, -0.1) is 0 Å². The molecule has 1 aromatic carbocycles. The van der Waals surface area contributed by atoms with Gasteiger partial charge in [0.25, 0.3) is 0 Å². The summed E-state index contributed by atoms with van der Waals surface area (Å²) in [5, 5.41) is 0. The topological polar surface area (TPSA) is 29.3 Å². The molecule has 0 radical (unpaired) electrons. The first-order chi connectivity index (χ1) is 9.77. The summed E-state index contributed by atoms with van der Waals surface area (Å²) in [5.41, 5.74) is 9.42. The van der Waals surface area contributed by atoms with E-state index in [1.165, 1.54) is 30.5 Å². The van der Waals surface area contributed by atoms with Crippen LogP contribution in [0.2, 0.25) is 0 Å². The van der Waals surface area contributed by atoms with Gasteiger partial charge in [0.05, 0.1) is 0 Å². The highest BCUT2D eigenvalue weighted by Gasteiger charge is 2.34. The van der Waals surface area contributed by atoms with E-state index in [9.17, 15) is 0 Å². The minimum Gasteiger partial charge on any atom is -0.374 e. The molecule has 1 fully saturated rings. The van der Waals surface area contributed by atoms with E-state index in [-0.39, 0.29) is 0 Å². The smallest absolute Gasteiger partial charge is 0.0363 e. The van der Waals surface area contributed by atoms with E-state index in [1.54, 1.807) is 0 Å². The van der Waals surface area contributed by atoms with Crippen LogP contribution in [0.1, 0.15) is 45.6 Å². The number of nitrogens with zero attached hydrogens (tertiary/aromatic N) is 1. The van der Waals surface area contributed by atoms with Crippen LogP contribution >= 0.6 is 0 Å². The summed E-state index contributed by atoms with van der Waals surface area (Å²) in [4.78, 5) is 2.37. The summed E-state index contributed by atoms with van der Waals surface area (Å²) < 4.78 is 0. The van der Waals surface area contributed by atoms with Crippen molar-refractivity contribution < 1.29 is 0 Å². The lowest BCUT2D eigenvalue weighted by atomic mass is 9.67. The monoisotopic (exact) mass is 288 g/mol. The Morgan fingerprint density at radius 2 is 1.76 bits per heavy atom. The molecule has 0 saturated heterocycles. The van der Waals surface area contributed by atoms with Crippen molar-refractivity contribution in [1.29, 1.82) is 0 Å². The van der Waals surface area contributed by atoms with Crippen molar-refractivity contribution >= 4 is 5.69 Å². The van der Waals surface area contributed by atoms with Crippen molar-refractivity contribution in [3.05, 3.63) is 29.8 Å². The molecule has 0 heterocycles. The second-order valence-corrected chi connectivity index (χ2v) is 8.02. The Balaban J connectivity index is 2.01. The number of nitrogens with two attached hydrogens (primary N) is 1. The van der Waals surface area contributed by atoms with E-state index >= 15 is 0 Å². The molecule has 2 rings (SSSR count). The first-order valence-electron chi connectivity index (χ1n) is 8.30. The maximum absolute atomic E-state index is 6.41. The number of hydrogen-bond donors (Lipinski definition) is 1. The van der Waals surface area contributed by atoms with Crippen LogP contribution in [0.5, 0.6) is 0 Å². The molecule has 2 nitrogen and oxygen atoms in total. The van der Waals surface area contributed by atoms with Crippen molar-refractivity contribution in [2.75, 3.05) is 18.5 Å². The van der Waals surface area contributed by atoms with E-state index in [0.29, 0.717) is 17.4 Å². The molecule has 1 aliphatic carbocycles. The lowest BCUT2D eigenvalue weighted by Gasteiger charge is -2.42. The third kappa shape index (κ3) is 4.23. The normalized spacial score (nSPS) is 26.7. The molecule has 2 N–H and O–H groups in total. The standard InChI is InChI=1S/C19H32N2/c1-14-6-9-17(10-7-14)21(5)13-15-12-16(19(2,3)4)8-11-18(15)20/h6-7,9-10,15-16,18H,8,11-13,20H2,1-5H3. The maximum atomic E-state index is 6.41. The lowest BCUT2D eigenvalue weighted by molar-refractivity contribution is 0.129. The van der Waals surface area contributed by atoms with Crippen molar-refractivity contribution in [3.8, 4) is 0 Å². The molecule has 0 aromatic heterocycles. The summed E-state index contributed by atoms with van der Waals surface area (Å²) in [7, 11) is 2.19. The molecule has 3 unspecified atom stereocenters. The SMILES string of the molecule is Cc1ccc(N(C)CC2CC(C(C)(C)C)CCC2N)cc1. The molecule has 1 aromatic rings. The predicted molar refractivity (Wildman–Crippen MR) is 92.7 cm³/mol. The zero-order valence-electron chi connectivity index (χ0n) is 14.4. The Morgan fingerprint density at radius 1 is 1.14 bits per heavy atom. The average Bonchev–Trinajstić information content (AvgIpc) is 2.40. The minimum atomic E-state index is 0.358. The van der Waals surface area contributed by atoms with Gasteiger partial charge in [-0.1, -0.05) is 38.5 Å². The van der Waals surface area contributed by atoms with Crippen LogP contribution in [0.15, 0.2) is 24.3 Å². The van der Waals surface area contributed by atoms with E-state index < -0.39 is 0 Å². The molecule has 3 atom stereocenters. The van der Waals surface area contributed by atoms with Crippen molar-refractivity contribution in [2.24, 2.45) is 23.0 Å². The van der Waals surface area contributed by atoms with E-state index in [1.807, 2.05) is 0 Å². The van der Waals surface area contributed by atoms with Gasteiger partial charge in [-0.05, 0) is 55.6 Å². The van der Waals surface area contributed by atoms with Gasteiger partial charge in [0.15, 0.2) is 0 Å². The number of rotatable bonds is 3. The second-order valence-electron chi connectivity index (χ2n) is 8.02. The number of anilines is 1. The quantitative estimate of drug-likeness (QED) is 0.902. The fourth-order valence-corrected chi connectivity index (χ4v) is 3.54. The van der Waals surface area contributed by atoms with Gasteiger partial charge < -0.3 is 10.6 Å². The van der Waals surface area contributed by atoms with Crippen LogP contribution in [0.25, 0.3) is 0 Å². The van der Waals surface area contributed by atoms with Gasteiger partial charge in [-0.3, -0.25) is 0 Å². The van der Waals surface area contributed by atoms with Gasteiger partial charge in [0.2, 0.25) is 0 Å².